The number of carbonyl (C=O) groups is 5. The smallest absolute Gasteiger partial charge is 0.188 e. The van der Waals surface area contributed by atoms with Gasteiger partial charge in [0.2, 0.25) is 0 Å². The van der Waals surface area contributed by atoms with Crippen LogP contribution in [0.2, 0.25) is 0 Å². The predicted octanol–water partition coefficient (Wildman–Crippen LogP) is 17.4. The molecular formula is C85H65N13O10S3. The first-order valence-corrected chi connectivity index (χ1v) is 36.5. The summed E-state index contributed by atoms with van der Waals surface area (Å²) in [5.74, 6) is 7.91. The van der Waals surface area contributed by atoms with E-state index in [1.807, 2.05) is 79.9 Å². The number of thiazole rings is 3. The number of ether oxygens (including phenoxy) is 5. The highest BCUT2D eigenvalue weighted by molar-refractivity contribution is 7.11. The van der Waals surface area contributed by atoms with Gasteiger partial charge in [-0.2, -0.15) is 0 Å². The summed E-state index contributed by atoms with van der Waals surface area (Å²) in [4.78, 5) is 115. The van der Waals surface area contributed by atoms with E-state index in [0.29, 0.717) is 110 Å². The first-order chi connectivity index (χ1) is 54.3. The monoisotopic (exact) mass is 1520 g/mol. The summed E-state index contributed by atoms with van der Waals surface area (Å²) < 4.78 is 28.3. The quantitative estimate of drug-likeness (QED) is 0.0379. The molecule has 26 heteroatoms. The van der Waals surface area contributed by atoms with E-state index in [1.165, 1.54) is 40.2 Å². The fourth-order valence-electron chi connectivity index (χ4n) is 9.79. The number of pyridine rings is 10. The Bertz CT molecular complexity index is 5560. The highest BCUT2D eigenvalue weighted by atomic mass is 32.1. The Morgan fingerprint density at radius 1 is 0.333 bits per heavy atom. The Labute approximate surface area is 650 Å². The van der Waals surface area contributed by atoms with Gasteiger partial charge in [-0.15, -0.1) is 40.4 Å². The van der Waals surface area contributed by atoms with Crippen molar-refractivity contribution in [2.45, 2.75) is 46.0 Å². The van der Waals surface area contributed by atoms with Gasteiger partial charge >= 0.3 is 0 Å². The first kappa shape index (κ1) is 77.8. The Morgan fingerprint density at radius 2 is 0.703 bits per heavy atom. The van der Waals surface area contributed by atoms with E-state index in [2.05, 4.69) is 70.7 Å². The first-order valence-electron chi connectivity index (χ1n) is 33.9. The Balaban J connectivity index is 0.000000137. The zero-order chi connectivity index (χ0) is 77.2. The Kier molecular flexibility index (Phi) is 28.8. The fraction of sp³-hybridized carbons (Fsp3) is 0.0824. The molecule has 15 rings (SSSR count). The van der Waals surface area contributed by atoms with Gasteiger partial charge in [-0.05, 0) is 122 Å². The maximum absolute atomic E-state index is 12.4. The van der Waals surface area contributed by atoms with Gasteiger partial charge < -0.3 is 23.7 Å². The number of nitrogens with zero attached hydrogens (tertiary/aromatic N) is 13. The number of rotatable bonds is 25. The van der Waals surface area contributed by atoms with E-state index in [-0.39, 0.29) is 48.2 Å². The number of hydrogen-bond acceptors (Lipinski definition) is 26. The number of ketones is 5. The lowest BCUT2D eigenvalue weighted by atomic mass is 10.0. The van der Waals surface area contributed by atoms with Crippen LogP contribution in [0.4, 0.5) is 0 Å². The van der Waals surface area contributed by atoms with Gasteiger partial charge in [0, 0.05) is 133 Å². The molecule has 548 valence electrons. The van der Waals surface area contributed by atoms with Gasteiger partial charge in [0.15, 0.2) is 28.9 Å². The summed E-state index contributed by atoms with van der Waals surface area (Å²) in [7, 11) is 0. The maximum Gasteiger partial charge on any atom is 0.188 e. The molecule has 0 bridgehead atoms. The second-order valence-corrected chi connectivity index (χ2v) is 26.6. The van der Waals surface area contributed by atoms with Crippen molar-refractivity contribution >= 4 is 62.9 Å². The average molecular weight is 1520 g/mol. The lowest BCUT2D eigenvalue weighted by molar-refractivity contribution is 0.0980. The molecule has 0 aliphatic carbocycles. The van der Waals surface area contributed by atoms with E-state index in [4.69, 9.17) is 30.1 Å². The molecule has 0 spiro atoms. The van der Waals surface area contributed by atoms with Crippen LogP contribution in [-0.4, -0.2) is 93.7 Å². The van der Waals surface area contributed by atoms with Crippen LogP contribution in [0.3, 0.4) is 0 Å². The number of terminal acetylenes is 1. The third-order valence-electron chi connectivity index (χ3n) is 14.9. The van der Waals surface area contributed by atoms with Crippen LogP contribution in [-0.2, 0) is 32.1 Å². The summed E-state index contributed by atoms with van der Waals surface area (Å²) in [6.07, 6.45) is 34.2. The number of hydrogen-bond donors (Lipinski definition) is 0. The van der Waals surface area contributed by atoms with Crippen molar-refractivity contribution in [1.29, 1.82) is 0 Å². The fourth-order valence-corrected chi connectivity index (χ4v) is 11.9. The molecule has 0 radical (unpaired) electrons. The lowest BCUT2D eigenvalue weighted by Gasteiger charge is -2.06. The lowest BCUT2D eigenvalue weighted by Crippen LogP contribution is -2.06. The summed E-state index contributed by atoms with van der Waals surface area (Å²) in [6.45, 7) is 3.97. The number of carbonyl (C=O) groups excluding carboxylic acids is 5. The third-order valence-corrected chi connectivity index (χ3v) is 17.4. The predicted molar refractivity (Wildman–Crippen MR) is 420 cm³/mol. The Hall–Kier alpha value is -14.3. The molecule has 0 N–H and O–H groups in total. The van der Waals surface area contributed by atoms with E-state index in [1.54, 1.807) is 220 Å². The van der Waals surface area contributed by atoms with Gasteiger partial charge in [0.05, 0.1) is 50.2 Å². The number of Topliss-reactive ketones (excluding diaryl/α,β-unsaturated/α-hetero) is 5. The van der Waals surface area contributed by atoms with Gasteiger partial charge in [-0.3, -0.25) is 73.8 Å². The minimum Gasteiger partial charge on any atom is -0.456 e. The topological polar surface area (TPSA) is 299 Å². The molecule has 0 unspecified atom stereocenters. The summed E-state index contributed by atoms with van der Waals surface area (Å²) in [5.41, 5.74) is 5.47. The standard InChI is InChI=1S/C19H16N2O2.C18H14N2O2.C17H11N3O2S.C16H13N3O2S.C15H11N3O2S/c1-14-4-2-5-15(10-14)11-19(22)18-12-16(7-9-21-18)23-17-6-3-8-20-13-17;21-18(11-14-5-2-1-3-6-14)17-12-15(8-10-20-17)22-16-7-4-9-19-13-16;1-2-12-11-23-17(20-12)9-16(21)15-8-13(5-7-19-15)22-14-4-3-6-18-10-14;1-11-9-19-16(22-11)8-15(20)14-7-12(4-6-18-14)21-13-3-2-5-17-10-13;19-14(9-15-18-6-7-21-15)13-8-11(3-5-17-13)20-12-2-1-4-16-10-12/h2-10,12-13H,11H2,1H3;1-10,12-13H,11H2;1,3-8,10-11H,9H2;2-7,9-10H,8H2,1H3;1-8,10H,9H2. The van der Waals surface area contributed by atoms with E-state index in [0.717, 1.165) is 31.6 Å². The minimum absolute atomic E-state index is 0.0350. The molecule has 23 nitrogen and oxygen atoms in total. The van der Waals surface area contributed by atoms with Crippen molar-refractivity contribution < 1.29 is 47.7 Å². The van der Waals surface area contributed by atoms with Gasteiger partial charge in [0.25, 0.3) is 0 Å². The molecule has 15 aromatic rings. The third kappa shape index (κ3) is 25.8. The zero-order valence-electron chi connectivity index (χ0n) is 59.4. The summed E-state index contributed by atoms with van der Waals surface area (Å²) in [6, 6.07) is 52.1. The summed E-state index contributed by atoms with van der Waals surface area (Å²) in [5, 5.41) is 5.84. The van der Waals surface area contributed by atoms with E-state index < -0.39 is 0 Å². The average Bonchev–Trinajstić information content (AvgIpc) is 1.38. The molecule has 111 heavy (non-hydrogen) atoms. The maximum atomic E-state index is 12.4. The molecule has 2 aromatic carbocycles. The van der Waals surface area contributed by atoms with Crippen molar-refractivity contribution in [2.24, 2.45) is 0 Å². The van der Waals surface area contributed by atoms with Gasteiger partial charge in [0.1, 0.15) is 107 Å². The van der Waals surface area contributed by atoms with Crippen molar-refractivity contribution in [3.05, 3.63) is 363 Å². The number of benzene rings is 2. The molecule has 0 amide bonds. The van der Waals surface area contributed by atoms with Crippen LogP contribution in [0.15, 0.2) is 292 Å². The molecule has 0 aliphatic rings. The van der Waals surface area contributed by atoms with Crippen LogP contribution >= 0.6 is 34.0 Å². The molecular weight excluding hydrogens is 1460 g/mol. The van der Waals surface area contributed by atoms with Crippen LogP contribution in [0.1, 0.15) is 94.7 Å². The molecule has 0 atom stereocenters. The minimum atomic E-state index is -0.139. The van der Waals surface area contributed by atoms with Crippen molar-refractivity contribution in [2.75, 3.05) is 0 Å². The second kappa shape index (κ2) is 41.0. The largest absolute Gasteiger partial charge is 0.456 e. The molecule has 0 aliphatic heterocycles. The highest BCUT2D eigenvalue weighted by Crippen LogP contribution is 2.27. The van der Waals surface area contributed by atoms with Crippen molar-refractivity contribution in [3.63, 3.8) is 0 Å². The molecule has 13 heterocycles. The van der Waals surface area contributed by atoms with Crippen LogP contribution in [0.25, 0.3) is 0 Å². The Morgan fingerprint density at radius 3 is 1.04 bits per heavy atom. The van der Waals surface area contributed by atoms with Gasteiger partial charge in [-0.1, -0.05) is 60.2 Å². The van der Waals surface area contributed by atoms with Gasteiger partial charge in [-0.25, -0.2) is 15.0 Å². The van der Waals surface area contributed by atoms with Crippen molar-refractivity contribution in [3.8, 4) is 69.8 Å². The number of aryl methyl sites for hydroxylation is 2. The molecule has 0 saturated heterocycles. The second-order valence-electron chi connectivity index (χ2n) is 23.4. The van der Waals surface area contributed by atoms with Crippen LogP contribution in [0.5, 0.6) is 57.5 Å². The summed E-state index contributed by atoms with van der Waals surface area (Å²) >= 11 is 4.33. The highest BCUT2D eigenvalue weighted by Gasteiger charge is 2.17. The van der Waals surface area contributed by atoms with Crippen molar-refractivity contribution in [1.82, 2.24) is 64.8 Å². The number of aromatic nitrogens is 13. The van der Waals surface area contributed by atoms with Crippen LogP contribution in [0, 0.1) is 26.2 Å². The van der Waals surface area contributed by atoms with E-state index in [9.17, 15) is 24.0 Å². The van der Waals surface area contributed by atoms with E-state index >= 15 is 0 Å². The molecule has 0 fully saturated rings. The van der Waals surface area contributed by atoms with Crippen LogP contribution < -0.4 is 23.7 Å². The molecule has 0 saturated carbocycles. The zero-order valence-corrected chi connectivity index (χ0v) is 61.9. The molecule has 13 aromatic heterocycles. The normalized spacial score (nSPS) is 10.2. The SMILES string of the molecule is C#Cc1csc(CC(=O)c2cc(Oc3cccnc3)ccn2)n1.Cc1cccc(CC(=O)c2cc(Oc3cccnc3)ccn2)c1.Cc1cnc(CC(=O)c2cc(Oc3cccnc3)ccn2)s1.O=C(Cc1ccccc1)c1cc(Oc2cccnc2)ccn1.O=C(Cc1nccs1)c1cc(Oc2cccnc2)ccn1.